The smallest absolute Gasteiger partial charge is 0.191 e. The topological polar surface area (TPSA) is 52.8 Å². The quantitative estimate of drug-likeness (QED) is 0.331. The Balaban J connectivity index is 1.51. The van der Waals surface area contributed by atoms with Crippen LogP contribution in [0.3, 0.4) is 0 Å². The molecule has 29 heavy (non-hydrogen) atoms. The van der Waals surface area contributed by atoms with Gasteiger partial charge in [-0.1, -0.05) is 53.7 Å². The van der Waals surface area contributed by atoms with E-state index >= 15 is 0 Å². The Morgan fingerprint density at radius 3 is 2.62 bits per heavy atom. The first-order valence-corrected chi connectivity index (χ1v) is 11.4. The van der Waals surface area contributed by atoms with Gasteiger partial charge in [-0.05, 0) is 25.1 Å². The molecule has 0 aliphatic rings. The van der Waals surface area contributed by atoms with E-state index < -0.39 is 0 Å². The molecule has 2 aromatic heterocycles. The normalized spacial score (nSPS) is 11.0. The van der Waals surface area contributed by atoms with Crippen molar-refractivity contribution in [2.24, 2.45) is 7.05 Å². The van der Waals surface area contributed by atoms with Gasteiger partial charge in [0.2, 0.25) is 0 Å². The number of ether oxygens (including phenoxy) is 1. The standard InChI is InChI=1S/C21H19ClN4OS2/c1-3-27-18-11-7-5-9-16(18)19-24-25-21(26(19)2)29-13-14-12-28-20(23-14)15-8-4-6-10-17(15)22/h4-12H,3,13H2,1-2H3. The number of nitrogens with zero attached hydrogens (tertiary/aromatic N) is 4. The van der Waals surface area contributed by atoms with Gasteiger partial charge in [-0.15, -0.1) is 21.5 Å². The Labute approximate surface area is 182 Å². The molecule has 0 aliphatic heterocycles. The lowest BCUT2D eigenvalue weighted by Gasteiger charge is -2.09. The summed E-state index contributed by atoms with van der Waals surface area (Å²) < 4.78 is 7.72. The Bertz CT molecular complexity index is 1130. The van der Waals surface area contributed by atoms with E-state index in [-0.39, 0.29) is 0 Å². The number of benzene rings is 2. The molecule has 148 valence electrons. The van der Waals surface area contributed by atoms with Crippen molar-refractivity contribution in [3.8, 4) is 27.7 Å². The largest absolute Gasteiger partial charge is 0.493 e. The lowest BCUT2D eigenvalue weighted by Crippen LogP contribution is -1.99. The maximum atomic E-state index is 6.29. The molecule has 0 bridgehead atoms. The van der Waals surface area contributed by atoms with Crippen LogP contribution in [-0.4, -0.2) is 26.4 Å². The molecule has 4 aromatic rings. The number of rotatable bonds is 7. The Morgan fingerprint density at radius 2 is 1.83 bits per heavy atom. The predicted octanol–water partition coefficient (Wildman–Crippen LogP) is 5.95. The summed E-state index contributed by atoms with van der Waals surface area (Å²) in [5.41, 5.74) is 2.89. The second-order valence-corrected chi connectivity index (χ2v) is 8.41. The number of para-hydroxylation sites is 1. The van der Waals surface area contributed by atoms with Gasteiger partial charge in [-0.25, -0.2) is 4.98 Å². The third-order valence-corrected chi connectivity index (χ3v) is 6.58. The first-order chi connectivity index (χ1) is 14.2. The van der Waals surface area contributed by atoms with Crippen LogP contribution >= 0.6 is 34.7 Å². The molecular formula is C21H19ClN4OS2. The summed E-state index contributed by atoms with van der Waals surface area (Å²) in [4.78, 5) is 4.73. The average Bonchev–Trinajstić information content (AvgIpc) is 3.34. The molecular weight excluding hydrogens is 424 g/mol. The van der Waals surface area contributed by atoms with Crippen molar-refractivity contribution in [3.05, 3.63) is 64.6 Å². The minimum absolute atomic E-state index is 0.605. The van der Waals surface area contributed by atoms with Crippen LogP contribution in [0.1, 0.15) is 12.6 Å². The molecule has 2 heterocycles. The van der Waals surface area contributed by atoms with Crippen LogP contribution in [0.25, 0.3) is 22.0 Å². The molecule has 0 saturated carbocycles. The minimum atomic E-state index is 0.605. The SMILES string of the molecule is CCOc1ccccc1-c1nnc(SCc2csc(-c3ccccc3Cl)n2)n1C. The maximum Gasteiger partial charge on any atom is 0.191 e. The van der Waals surface area contributed by atoms with Gasteiger partial charge in [0.15, 0.2) is 11.0 Å². The van der Waals surface area contributed by atoms with Gasteiger partial charge < -0.3 is 9.30 Å². The lowest BCUT2D eigenvalue weighted by atomic mass is 10.2. The molecule has 0 spiro atoms. The summed E-state index contributed by atoms with van der Waals surface area (Å²) in [6.07, 6.45) is 0. The van der Waals surface area contributed by atoms with Crippen molar-refractivity contribution >= 4 is 34.7 Å². The molecule has 5 nitrogen and oxygen atoms in total. The summed E-state index contributed by atoms with van der Waals surface area (Å²) in [7, 11) is 1.97. The zero-order valence-corrected chi connectivity index (χ0v) is 18.4. The van der Waals surface area contributed by atoms with Crippen LogP contribution in [0.15, 0.2) is 59.1 Å². The van der Waals surface area contributed by atoms with Crippen LogP contribution in [0.4, 0.5) is 0 Å². The molecule has 0 radical (unpaired) electrons. The fourth-order valence-corrected chi connectivity index (χ4v) is 4.93. The minimum Gasteiger partial charge on any atom is -0.493 e. The van der Waals surface area contributed by atoms with Crippen LogP contribution in [-0.2, 0) is 12.8 Å². The predicted molar refractivity (Wildman–Crippen MR) is 120 cm³/mol. The molecule has 8 heteroatoms. The van der Waals surface area contributed by atoms with Crippen LogP contribution in [0.2, 0.25) is 5.02 Å². The Kier molecular flexibility index (Phi) is 6.18. The Hall–Kier alpha value is -2.35. The fourth-order valence-electron chi connectivity index (χ4n) is 2.88. The molecule has 0 aliphatic carbocycles. The Morgan fingerprint density at radius 1 is 1.07 bits per heavy atom. The summed E-state index contributed by atoms with van der Waals surface area (Å²) in [6, 6.07) is 15.6. The van der Waals surface area contributed by atoms with Gasteiger partial charge in [0.1, 0.15) is 10.8 Å². The highest BCUT2D eigenvalue weighted by atomic mass is 35.5. The molecule has 4 rings (SSSR count). The average molecular weight is 443 g/mol. The summed E-state index contributed by atoms with van der Waals surface area (Å²) >= 11 is 9.49. The molecule has 0 saturated heterocycles. The number of thiazole rings is 1. The molecule has 0 fully saturated rings. The van der Waals surface area contributed by atoms with Crippen molar-refractivity contribution in [1.29, 1.82) is 0 Å². The zero-order chi connectivity index (χ0) is 20.2. The number of aromatic nitrogens is 4. The van der Waals surface area contributed by atoms with Gasteiger partial charge >= 0.3 is 0 Å². The van der Waals surface area contributed by atoms with Gasteiger partial charge in [-0.3, -0.25) is 0 Å². The van der Waals surface area contributed by atoms with E-state index in [9.17, 15) is 0 Å². The maximum absolute atomic E-state index is 6.29. The van der Waals surface area contributed by atoms with Crippen molar-refractivity contribution < 1.29 is 4.74 Å². The van der Waals surface area contributed by atoms with Crippen LogP contribution < -0.4 is 4.74 Å². The van der Waals surface area contributed by atoms with Gasteiger partial charge in [0.05, 0.1) is 22.9 Å². The van der Waals surface area contributed by atoms with Crippen LogP contribution in [0, 0.1) is 0 Å². The van der Waals surface area contributed by atoms with E-state index in [4.69, 9.17) is 21.3 Å². The van der Waals surface area contributed by atoms with Crippen LogP contribution in [0.5, 0.6) is 5.75 Å². The highest BCUT2D eigenvalue weighted by Crippen LogP contribution is 2.33. The number of thioether (sulfide) groups is 1. The highest BCUT2D eigenvalue weighted by molar-refractivity contribution is 7.98. The summed E-state index contributed by atoms with van der Waals surface area (Å²) in [6.45, 7) is 2.58. The molecule has 0 atom stereocenters. The van der Waals surface area contributed by atoms with E-state index in [0.717, 1.165) is 38.6 Å². The third-order valence-electron chi connectivity index (χ3n) is 4.27. The third kappa shape index (κ3) is 4.32. The van der Waals surface area contributed by atoms with Gasteiger partial charge in [0, 0.05) is 23.7 Å². The second kappa shape index (κ2) is 8.98. The van der Waals surface area contributed by atoms with E-state index in [1.165, 1.54) is 0 Å². The van der Waals surface area contributed by atoms with Crippen molar-refractivity contribution in [2.45, 2.75) is 17.8 Å². The fraction of sp³-hybridized carbons (Fsp3) is 0.190. The first kappa shape index (κ1) is 19.9. The lowest BCUT2D eigenvalue weighted by molar-refractivity contribution is 0.341. The molecule has 0 amide bonds. The van der Waals surface area contributed by atoms with Gasteiger partial charge in [0.25, 0.3) is 0 Å². The summed E-state index contributed by atoms with van der Waals surface area (Å²) in [5, 5.41) is 13.3. The van der Waals surface area contributed by atoms with E-state index in [0.29, 0.717) is 17.4 Å². The molecule has 0 N–H and O–H groups in total. The highest BCUT2D eigenvalue weighted by Gasteiger charge is 2.16. The van der Waals surface area contributed by atoms with Gasteiger partial charge in [-0.2, -0.15) is 0 Å². The van der Waals surface area contributed by atoms with Crippen molar-refractivity contribution in [2.75, 3.05) is 6.61 Å². The molecule has 0 unspecified atom stereocenters. The van der Waals surface area contributed by atoms with E-state index in [1.807, 2.05) is 67.1 Å². The first-order valence-electron chi connectivity index (χ1n) is 9.11. The van der Waals surface area contributed by atoms with E-state index in [1.54, 1.807) is 23.1 Å². The molecule has 2 aromatic carbocycles. The van der Waals surface area contributed by atoms with Crippen molar-refractivity contribution in [1.82, 2.24) is 19.7 Å². The monoisotopic (exact) mass is 442 g/mol. The second-order valence-electron chi connectivity index (χ2n) is 6.21. The number of hydrogen-bond acceptors (Lipinski definition) is 6. The van der Waals surface area contributed by atoms with E-state index in [2.05, 4.69) is 15.6 Å². The zero-order valence-electron chi connectivity index (χ0n) is 16.0. The number of hydrogen-bond donors (Lipinski definition) is 0. The summed E-state index contributed by atoms with van der Waals surface area (Å²) in [5.74, 6) is 2.30. The number of halogens is 1. The van der Waals surface area contributed by atoms with Crippen molar-refractivity contribution in [3.63, 3.8) is 0 Å².